The Hall–Kier alpha value is -4.10. The van der Waals surface area contributed by atoms with Crippen molar-refractivity contribution in [2.45, 2.75) is 12.3 Å². The molecule has 0 bridgehead atoms. The Bertz CT molecular complexity index is 1790. The minimum atomic E-state index is 0.453. The van der Waals surface area contributed by atoms with Gasteiger partial charge in [-0.3, -0.25) is 0 Å². The lowest BCUT2D eigenvalue weighted by Gasteiger charge is -2.42. The van der Waals surface area contributed by atoms with Crippen LogP contribution in [-0.4, -0.2) is 0 Å². The third-order valence-electron chi connectivity index (χ3n) is 8.31. The zero-order valence-electron chi connectivity index (χ0n) is 19.3. The van der Waals surface area contributed by atoms with Crippen molar-refractivity contribution in [1.29, 1.82) is 0 Å². The van der Waals surface area contributed by atoms with Crippen LogP contribution in [0.1, 0.15) is 29.0 Å². The molecule has 3 unspecified atom stereocenters. The molecular weight excluding hydrogens is 424 g/mol. The lowest BCUT2D eigenvalue weighted by molar-refractivity contribution is 0.436. The summed E-state index contributed by atoms with van der Waals surface area (Å²) in [5.41, 5.74) is 9.08. The van der Waals surface area contributed by atoms with Gasteiger partial charge in [-0.05, 0) is 63.6 Å². The zero-order chi connectivity index (χ0) is 22.9. The first-order valence-electron chi connectivity index (χ1n) is 12.6. The molecule has 0 saturated heterocycles. The Morgan fingerprint density at radius 3 is 2.37 bits per heavy atom. The second-order valence-electron chi connectivity index (χ2n) is 10.0. The van der Waals surface area contributed by atoms with E-state index in [0.717, 1.165) is 17.6 Å². The number of para-hydroxylation sites is 1. The minimum absolute atomic E-state index is 0.453. The SMILES string of the molecule is C1=CC2c3ccccc3C3=CC=C(c4cc5c6ccccc6oc5c5ccccc45)CC3C2C=C1. The van der Waals surface area contributed by atoms with E-state index in [4.69, 9.17) is 4.42 Å². The lowest BCUT2D eigenvalue weighted by Crippen LogP contribution is -2.29. The molecule has 0 saturated carbocycles. The topological polar surface area (TPSA) is 13.1 Å². The van der Waals surface area contributed by atoms with E-state index in [1.165, 1.54) is 49.4 Å². The van der Waals surface area contributed by atoms with Crippen LogP contribution in [-0.2, 0) is 0 Å². The van der Waals surface area contributed by atoms with Crippen molar-refractivity contribution in [2.24, 2.45) is 11.8 Å². The summed E-state index contributed by atoms with van der Waals surface area (Å²) in [7, 11) is 0. The molecule has 1 aromatic heterocycles. The Morgan fingerprint density at radius 1 is 0.657 bits per heavy atom. The zero-order valence-corrected chi connectivity index (χ0v) is 19.3. The van der Waals surface area contributed by atoms with Gasteiger partial charge in [-0.2, -0.15) is 0 Å². The summed E-state index contributed by atoms with van der Waals surface area (Å²) in [6, 6.07) is 28.5. The van der Waals surface area contributed by atoms with E-state index in [0.29, 0.717) is 17.8 Å². The molecule has 0 amide bonds. The van der Waals surface area contributed by atoms with Gasteiger partial charge < -0.3 is 4.42 Å². The maximum atomic E-state index is 6.36. The van der Waals surface area contributed by atoms with E-state index in [9.17, 15) is 0 Å². The third kappa shape index (κ3) is 2.70. The predicted molar refractivity (Wildman–Crippen MR) is 146 cm³/mol. The van der Waals surface area contributed by atoms with Crippen LogP contribution in [0.4, 0.5) is 0 Å². The van der Waals surface area contributed by atoms with Crippen LogP contribution < -0.4 is 0 Å². The average Bonchev–Trinajstić information content (AvgIpc) is 3.31. The molecule has 0 radical (unpaired) electrons. The molecule has 35 heavy (non-hydrogen) atoms. The van der Waals surface area contributed by atoms with Crippen molar-refractivity contribution in [3.63, 3.8) is 0 Å². The van der Waals surface area contributed by atoms with Gasteiger partial charge in [-0.15, -0.1) is 0 Å². The lowest BCUT2D eigenvalue weighted by atomic mass is 9.62. The quantitative estimate of drug-likeness (QED) is 0.249. The second-order valence-corrected chi connectivity index (χ2v) is 10.0. The summed E-state index contributed by atoms with van der Waals surface area (Å²) in [4.78, 5) is 0. The van der Waals surface area contributed by atoms with Crippen LogP contribution >= 0.6 is 0 Å². The Balaban J connectivity index is 1.37. The Kier molecular flexibility index (Phi) is 3.96. The van der Waals surface area contributed by atoms with Crippen molar-refractivity contribution in [3.8, 4) is 0 Å². The highest BCUT2D eigenvalue weighted by Crippen LogP contribution is 2.53. The normalized spacial score (nSPS) is 22.6. The highest BCUT2D eigenvalue weighted by molar-refractivity contribution is 6.17. The fourth-order valence-corrected chi connectivity index (χ4v) is 6.74. The second kappa shape index (κ2) is 7.20. The van der Waals surface area contributed by atoms with Crippen molar-refractivity contribution >= 4 is 43.9 Å². The molecule has 3 aliphatic carbocycles. The fourth-order valence-electron chi connectivity index (χ4n) is 6.74. The highest BCUT2D eigenvalue weighted by Gasteiger charge is 2.39. The van der Waals surface area contributed by atoms with Crippen LogP contribution in [0, 0.1) is 11.8 Å². The number of benzene rings is 4. The van der Waals surface area contributed by atoms with Gasteiger partial charge >= 0.3 is 0 Å². The van der Waals surface area contributed by atoms with Gasteiger partial charge in [0.05, 0.1) is 0 Å². The predicted octanol–water partition coefficient (Wildman–Crippen LogP) is 9.07. The molecule has 1 nitrogen and oxygen atoms in total. The minimum Gasteiger partial charge on any atom is -0.455 e. The first-order valence-corrected chi connectivity index (χ1v) is 12.6. The van der Waals surface area contributed by atoms with Gasteiger partial charge in [0.15, 0.2) is 0 Å². The third-order valence-corrected chi connectivity index (χ3v) is 8.31. The van der Waals surface area contributed by atoms with Crippen molar-refractivity contribution in [3.05, 3.63) is 132 Å². The number of furan rings is 1. The summed E-state index contributed by atoms with van der Waals surface area (Å²) in [5.74, 6) is 1.43. The van der Waals surface area contributed by atoms with Gasteiger partial charge in [-0.1, -0.05) is 103 Å². The van der Waals surface area contributed by atoms with Crippen LogP contribution in [0.3, 0.4) is 0 Å². The number of hydrogen-bond acceptors (Lipinski definition) is 1. The molecule has 1 heterocycles. The van der Waals surface area contributed by atoms with Crippen LogP contribution in [0.5, 0.6) is 0 Å². The van der Waals surface area contributed by atoms with Crippen LogP contribution in [0.15, 0.2) is 120 Å². The molecule has 0 spiro atoms. The maximum absolute atomic E-state index is 6.36. The molecule has 0 aliphatic heterocycles. The standard InChI is InChI=1S/C34H24O/c1-2-11-24-22(9-1)23-10-3-4-12-25(23)31-19-21(17-18-27(24)31)30-20-32-28-14-7-8-16-33(28)35-34(32)29-15-6-5-13-26(29)30/h1-18,20,23,25,31H,19H2. The van der Waals surface area contributed by atoms with Gasteiger partial charge in [-0.25, -0.2) is 0 Å². The number of rotatable bonds is 1. The Labute approximate surface area is 204 Å². The summed E-state index contributed by atoms with van der Waals surface area (Å²) >= 11 is 0. The fraction of sp³-hybridized carbons (Fsp3) is 0.118. The van der Waals surface area contributed by atoms with E-state index in [1.54, 1.807) is 0 Å². The van der Waals surface area contributed by atoms with E-state index in [2.05, 4.69) is 109 Å². The maximum Gasteiger partial charge on any atom is 0.143 e. The molecule has 1 heteroatoms. The monoisotopic (exact) mass is 448 g/mol. The molecule has 3 atom stereocenters. The molecule has 4 aromatic carbocycles. The van der Waals surface area contributed by atoms with Gasteiger partial charge in [0.2, 0.25) is 0 Å². The Morgan fingerprint density at radius 2 is 1.43 bits per heavy atom. The first-order chi connectivity index (χ1) is 17.4. The molecule has 166 valence electrons. The molecule has 0 fully saturated rings. The van der Waals surface area contributed by atoms with Gasteiger partial charge in [0, 0.05) is 22.1 Å². The van der Waals surface area contributed by atoms with Crippen LogP contribution in [0.25, 0.3) is 43.9 Å². The number of allylic oxidation sites excluding steroid dienone is 8. The molecule has 3 aliphatic rings. The van der Waals surface area contributed by atoms with E-state index < -0.39 is 0 Å². The summed E-state index contributed by atoms with van der Waals surface area (Å²) < 4.78 is 6.36. The van der Waals surface area contributed by atoms with E-state index in [-0.39, 0.29) is 0 Å². The molecule has 0 N–H and O–H groups in total. The highest BCUT2D eigenvalue weighted by atomic mass is 16.3. The summed E-state index contributed by atoms with van der Waals surface area (Å²) in [6.07, 6.45) is 15.1. The van der Waals surface area contributed by atoms with Crippen molar-refractivity contribution in [2.75, 3.05) is 0 Å². The summed E-state index contributed by atoms with van der Waals surface area (Å²) in [5, 5.41) is 4.86. The van der Waals surface area contributed by atoms with Crippen molar-refractivity contribution < 1.29 is 4.42 Å². The van der Waals surface area contributed by atoms with Gasteiger partial charge in [0.25, 0.3) is 0 Å². The van der Waals surface area contributed by atoms with E-state index in [1.807, 2.05) is 6.07 Å². The van der Waals surface area contributed by atoms with Crippen molar-refractivity contribution in [1.82, 2.24) is 0 Å². The number of hydrogen-bond donors (Lipinski definition) is 0. The molecule has 5 aromatic rings. The summed E-state index contributed by atoms with van der Waals surface area (Å²) in [6.45, 7) is 0. The first kappa shape index (κ1) is 19.2. The number of fused-ring (bicyclic) bond motifs is 11. The van der Waals surface area contributed by atoms with Gasteiger partial charge in [0.1, 0.15) is 11.2 Å². The molecule has 8 rings (SSSR count). The average molecular weight is 449 g/mol. The largest absolute Gasteiger partial charge is 0.455 e. The van der Waals surface area contributed by atoms with Crippen LogP contribution in [0.2, 0.25) is 0 Å². The smallest absolute Gasteiger partial charge is 0.143 e. The van der Waals surface area contributed by atoms with E-state index >= 15 is 0 Å². The molecular formula is C34H24O.